The predicted octanol–water partition coefficient (Wildman–Crippen LogP) is 3.17. The van der Waals surface area contributed by atoms with Crippen LogP contribution in [-0.2, 0) is 11.3 Å². The maximum atomic E-state index is 11.8. The molecule has 1 amide bonds. The lowest BCUT2D eigenvalue weighted by atomic mass is 10.4. The molecule has 0 bridgehead atoms. The van der Waals surface area contributed by atoms with Crippen molar-refractivity contribution in [3.8, 4) is 0 Å². The van der Waals surface area contributed by atoms with Gasteiger partial charge in [0.15, 0.2) is 0 Å². The Balaban J connectivity index is 1.66. The zero-order valence-electron chi connectivity index (χ0n) is 12.2. The minimum absolute atomic E-state index is 0.0106. The Kier molecular flexibility index (Phi) is 6.54. The van der Waals surface area contributed by atoms with Crippen LogP contribution in [0.2, 0.25) is 5.02 Å². The number of amides is 1. The Morgan fingerprint density at radius 2 is 2.09 bits per heavy atom. The van der Waals surface area contributed by atoms with Crippen LogP contribution in [0.5, 0.6) is 0 Å². The van der Waals surface area contributed by atoms with Crippen molar-refractivity contribution >= 4 is 40.6 Å². The van der Waals surface area contributed by atoms with Gasteiger partial charge in [0.05, 0.1) is 0 Å². The molecule has 4 nitrogen and oxygen atoms in total. The average molecular weight is 357 g/mol. The summed E-state index contributed by atoms with van der Waals surface area (Å²) in [5.74, 6) is 0.763. The average Bonchev–Trinajstić information content (AvgIpc) is 2.82. The van der Waals surface area contributed by atoms with Crippen molar-refractivity contribution in [2.24, 2.45) is 0 Å². The SMILES string of the molecule is Cc1csc(=O)n1CCC(=O)NCCSc1ccc(Cl)cc1. The van der Waals surface area contributed by atoms with Crippen LogP contribution in [0.3, 0.4) is 0 Å². The minimum Gasteiger partial charge on any atom is -0.355 e. The monoisotopic (exact) mass is 356 g/mol. The van der Waals surface area contributed by atoms with Crippen molar-refractivity contribution in [1.29, 1.82) is 0 Å². The number of carbonyl (C=O) groups excluding carboxylic acids is 1. The molecule has 0 aliphatic carbocycles. The van der Waals surface area contributed by atoms with Crippen molar-refractivity contribution < 1.29 is 4.79 Å². The van der Waals surface area contributed by atoms with Crippen molar-refractivity contribution in [2.75, 3.05) is 12.3 Å². The normalized spacial score (nSPS) is 10.6. The van der Waals surface area contributed by atoms with Crippen LogP contribution < -0.4 is 10.2 Å². The lowest BCUT2D eigenvalue weighted by Crippen LogP contribution is -2.28. The van der Waals surface area contributed by atoms with E-state index < -0.39 is 0 Å². The molecule has 1 aromatic heterocycles. The van der Waals surface area contributed by atoms with Gasteiger partial charge in [0, 0.05) is 46.3 Å². The number of rotatable bonds is 7. The van der Waals surface area contributed by atoms with Gasteiger partial charge in [-0.3, -0.25) is 9.59 Å². The first-order valence-electron chi connectivity index (χ1n) is 6.86. The third-order valence-corrected chi connectivity index (χ3v) is 5.19. The standard InChI is InChI=1S/C15H17ClN2O2S2/c1-11-10-22-15(20)18(11)8-6-14(19)17-7-9-21-13-4-2-12(16)3-5-13/h2-5,10H,6-9H2,1H3,(H,17,19). The lowest BCUT2D eigenvalue weighted by molar-refractivity contribution is -0.121. The van der Waals surface area contributed by atoms with E-state index in [9.17, 15) is 9.59 Å². The lowest BCUT2D eigenvalue weighted by Gasteiger charge is -2.06. The van der Waals surface area contributed by atoms with Crippen LogP contribution in [0.25, 0.3) is 0 Å². The molecule has 0 saturated heterocycles. The second kappa shape index (κ2) is 8.41. The molecule has 0 radical (unpaired) electrons. The van der Waals surface area contributed by atoms with E-state index in [-0.39, 0.29) is 10.8 Å². The van der Waals surface area contributed by atoms with Gasteiger partial charge in [-0.1, -0.05) is 22.9 Å². The minimum atomic E-state index is -0.0331. The second-order valence-electron chi connectivity index (χ2n) is 4.70. The molecule has 1 N–H and O–H groups in total. The van der Waals surface area contributed by atoms with E-state index in [0.717, 1.165) is 21.4 Å². The number of hydrogen-bond donors (Lipinski definition) is 1. The molecule has 7 heteroatoms. The zero-order chi connectivity index (χ0) is 15.9. The summed E-state index contributed by atoms with van der Waals surface area (Å²) in [5, 5.41) is 5.40. The fourth-order valence-electron chi connectivity index (χ4n) is 1.87. The van der Waals surface area contributed by atoms with Gasteiger partial charge in [-0.2, -0.15) is 0 Å². The highest BCUT2D eigenvalue weighted by atomic mass is 35.5. The van der Waals surface area contributed by atoms with Crippen LogP contribution in [0.4, 0.5) is 0 Å². The Labute approximate surface area is 142 Å². The number of aryl methyl sites for hydroxylation is 1. The van der Waals surface area contributed by atoms with Crippen LogP contribution in [0, 0.1) is 6.92 Å². The highest BCUT2D eigenvalue weighted by Gasteiger charge is 2.06. The number of halogens is 1. The largest absolute Gasteiger partial charge is 0.355 e. The van der Waals surface area contributed by atoms with E-state index in [4.69, 9.17) is 11.6 Å². The third kappa shape index (κ3) is 5.19. The number of thiazole rings is 1. The molecule has 1 heterocycles. The first kappa shape index (κ1) is 17.1. The fraction of sp³-hybridized carbons (Fsp3) is 0.333. The molecule has 2 rings (SSSR count). The molecule has 0 aliphatic rings. The smallest absolute Gasteiger partial charge is 0.307 e. The Morgan fingerprint density at radius 3 is 2.73 bits per heavy atom. The van der Waals surface area contributed by atoms with Gasteiger partial charge < -0.3 is 9.88 Å². The van der Waals surface area contributed by atoms with Crippen molar-refractivity contribution in [3.63, 3.8) is 0 Å². The van der Waals surface area contributed by atoms with E-state index in [1.165, 1.54) is 11.3 Å². The molecule has 0 aliphatic heterocycles. The van der Waals surface area contributed by atoms with Crippen molar-refractivity contribution in [3.05, 3.63) is 50.0 Å². The summed E-state index contributed by atoms with van der Waals surface area (Å²) in [6, 6.07) is 7.62. The molecule has 0 saturated carbocycles. The number of nitrogens with one attached hydrogen (secondary N) is 1. The number of carbonyl (C=O) groups is 1. The van der Waals surface area contributed by atoms with Gasteiger partial charge >= 0.3 is 4.87 Å². The van der Waals surface area contributed by atoms with Crippen LogP contribution in [0.15, 0.2) is 39.3 Å². The van der Waals surface area contributed by atoms with E-state index in [1.54, 1.807) is 16.3 Å². The maximum absolute atomic E-state index is 11.8. The predicted molar refractivity (Wildman–Crippen MR) is 93.1 cm³/mol. The molecular weight excluding hydrogens is 340 g/mol. The summed E-state index contributed by atoms with van der Waals surface area (Å²) in [4.78, 5) is 24.4. The van der Waals surface area contributed by atoms with E-state index in [2.05, 4.69) is 5.32 Å². The Morgan fingerprint density at radius 1 is 1.36 bits per heavy atom. The zero-order valence-corrected chi connectivity index (χ0v) is 14.6. The highest BCUT2D eigenvalue weighted by Crippen LogP contribution is 2.19. The fourth-order valence-corrected chi connectivity index (χ4v) is 3.52. The van der Waals surface area contributed by atoms with Gasteiger partial charge in [0.25, 0.3) is 0 Å². The summed E-state index contributed by atoms with van der Waals surface area (Å²) in [6.07, 6.45) is 0.323. The number of benzene rings is 1. The van der Waals surface area contributed by atoms with Crippen LogP contribution >= 0.6 is 34.7 Å². The van der Waals surface area contributed by atoms with Crippen molar-refractivity contribution in [2.45, 2.75) is 24.8 Å². The first-order valence-corrected chi connectivity index (χ1v) is 9.10. The van der Waals surface area contributed by atoms with E-state index in [1.807, 2.05) is 36.6 Å². The summed E-state index contributed by atoms with van der Waals surface area (Å²) < 4.78 is 1.63. The molecule has 0 spiro atoms. The number of hydrogen-bond acceptors (Lipinski definition) is 4. The molecule has 118 valence electrons. The van der Waals surface area contributed by atoms with Gasteiger partial charge in [0.2, 0.25) is 5.91 Å². The number of nitrogens with zero attached hydrogens (tertiary/aromatic N) is 1. The summed E-state index contributed by atoms with van der Waals surface area (Å²) >= 11 is 8.65. The number of aromatic nitrogens is 1. The van der Waals surface area contributed by atoms with E-state index >= 15 is 0 Å². The van der Waals surface area contributed by atoms with Crippen LogP contribution in [0.1, 0.15) is 12.1 Å². The summed E-state index contributed by atoms with van der Waals surface area (Å²) in [5.41, 5.74) is 0.904. The van der Waals surface area contributed by atoms with Gasteiger partial charge in [-0.25, -0.2) is 0 Å². The highest BCUT2D eigenvalue weighted by molar-refractivity contribution is 7.99. The molecule has 1 aromatic carbocycles. The molecule has 2 aromatic rings. The molecule has 0 atom stereocenters. The molecular formula is C15H17ClN2O2S2. The first-order chi connectivity index (χ1) is 10.6. The Bertz CT molecular complexity index is 680. The summed E-state index contributed by atoms with van der Waals surface area (Å²) in [7, 11) is 0. The van der Waals surface area contributed by atoms with Crippen molar-refractivity contribution in [1.82, 2.24) is 9.88 Å². The second-order valence-corrected chi connectivity index (χ2v) is 7.12. The Hall–Kier alpha value is -1.24. The quantitative estimate of drug-likeness (QED) is 0.612. The van der Waals surface area contributed by atoms with Gasteiger partial charge in [-0.05, 0) is 31.2 Å². The maximum Gasteiger partial charge on any atom is 0.307 e. The summed E-state index contributed by atoms with van der Waals surface area (Å²) in [6.45, 7) is 2.91. The molecule has 0 unspecified atom stereocenters. The molecule has 22 heavy (non-hydrogen) atoms. The topological polar surface area (TPSA) is 51.1 Å². The van der Waals surface area contributed by atoms with Gasteiger partial charge in [-0.15, -0.1) is 11.8 Å². The number of thioether (sulfide) groups is 1. The molecule has 0 fully saturated rings. The van der Waals surface area contributed by atoms with E-state index in [0.29, 0.717) is 19.5 Å². The van der Waals surface area contributed by atoms with Crippen LogP contribution in [-0.4, -0.2) is 22.8 Å². The third-order valence-electron chi connectivity index (χ3n) is 3.05. The van der Waals surface area contributed by atoms with Gasteiger partial charge in [0.1, 0.15) is 0 Å².